The molecule has 15 heavy (non-hydrogen) atoms. The third-order valence-electron chi connectivity index (χ3n) is 3.85. The Hall–Kier alpha value is -0.340. The fourth-order valence-corrected chi connectivity index (χ4v) is 3.12. The summed E-state index contributed by atoms with van der Waals surface area (Å²) in [6.07, 6.45) is 4.42. The van der Waals surface area contributed by atoms with Crippen LogP contribution in [0.1, 0.15) is 24.8 Å². The van der Waals surface area contributed by atoms with Crippen LogP contribution in [0.4, 0.5) is 0 Å². The second kappa shape index (κ2) is 3.60. The van der Waals surface area contributed by atoms with Gasteiger partial charge in [-0.2, -0.15) is 0 Å². The van der Waals surface area contributed by atoms with Gasteiger partial charge in [0.1, 0.15) is 0 Å². The molecule has 1 aliphatic carbocycles. The fraction of sp³-hybridized carbons (Fsp3) is 0.538. The van der Waals surface area contributed by atoms with Crippen LogP contribution in [0.2, 0.25) is 0 Å². The van der Waals surface area contributed by atoms with Crippen LogP contribution in [0.3, 0.4) is 0 Å². The van der Waals surface area contributed by atoms with Crippen molar-refractivity contribution in [2.75, 3.05) is 13.1 Å². The van der Waals surface area contributed by atoms with Gasteiger partial charge in [0.2, 0.25) is 0 Å². The maximum atomic E-state index is 3.47. The van der Waals surface area contributed by atoms with E-state index in [-0.39, 0.29) is 0 Å². The topological polar surface area (TPSA) is 3.24 Å². The first kappa shape index (κ1) is 9.86. The van der Waals surface area contributed by atoms with Crippen LogP contribution in [0.5, 0.6) is 0 Å². The van der Waals surface area contributed by atoms with Gasteiger partial charge in [0.05, 0.1) is 0 Å². The van der Waals surface area contributed by atoms with E-state index in [2.05, 4.69) is 45.1 Å². The highest BCUT2D eigenvalue weighted by molar-refractivity contribution is 9.10. The van der Waals surface area contributed by atoms with Crippen molar-refractivity contribution in [3.63, 3.8) is 0 Å². The van der Waals surface area contributed by atoms with Crippen LogP contribution in [0, 0.1) is 5.41 Å². The molecule has 0 amide bonds. The molecule has 0 unspecified atom stereocenters. The summed E-state index contributed by atoms with van der Waals surface area (Å²) >= 11 is 3.47. The first-order valence-electron chi connectivity index (χ1n) is 5.73. The van der Waals surface area contributed by atoms with Crippen molar-refractivity contribution in [3.05, 3.63) is 34.3 Å². The van der Waals surface area contributed by atoms with E-state index in [0.29, 0.717) is 0 Å². The Morgan fingerprint density at radius 2 is 1.80 bits per heavy atom. The second-order valence-electron chi connectivity index (χ2n) is 5.13. The number of rotatable bonds is 2. The number of likely N-dealkylation sites (tertiary alicyclic amines) is 1. The van der Waals surface area contributed by atoms with E-state index in [1.165, 1.54) is 42.4 Å². The molecule has 1 spiro atoms. The predicted molar refractivity (Wildman–Crippen MR) is 65.7 cm³/mol. The molecule has 0 aromatic heterocycles. The minimum absolute atomic E-state index is 0.759. The lowest BCUT2D eigenvalue weighted by Crippen LogP contribution is -2.58. The standard InChI is InChI=1S/C13H16BrN/c14-12-4-2-11(3-5-12)8-15-9-13(10-15)6-1-7-13/h2-5H,1,6-10H2. The molecule has 1 aliphatic heterocycles. The normalized spacial score (nSPS) is 23.5. The van der Waals surface area contributed by atoms with Gasteiger partial charge in [0, 0.05) is 24.1 Å². The Morgan fingerprint density at radius 1 is 1.13 bits per heavy atom. The van der Waals surface area contributed by atoms with E-state index in [4.69, 9.17) is 0 Å². The van der Waals surface area contributed by atoms with Crippen molar-refractivity contribution < 1.29 is 0 Å². The summed E-state index contributed by atoms with van der Waals surface area (Å²) in [6.45, 7) is 3.81. The summed E-state index contributed by atoms with van der Waals surface area (Å²) < 4.78 is 1.17. The van der Waals surface area contributed by atoms with Gasteiger partial charge >= 0.3 is 0 Å². The van der Waals surface area contributed by atoms with Gasteiger partial charge in [-0.3, -0.25) is 4.90 Å². The lowest BCUT2D eigenvalue weighted by atomic mass is 9.63. The Kier molecular flexibility index (Phi) is 2.37. The fourth-order valence-electron chi connectivity index (χ4n) is 2.86. The van der Waals surface area contributed by atoms with Crippen molar-refractivity contribution in [1.29, 1.82) is 0 Å². The molecule has 1 aromatic rings. The van der Waals surface area contributed by atoms with E-state index in [0.717, 1.165) is 12.0 Å². The molecule has 1 aromatic carbocycles. The first-order chi connectivity index (χ1) is 7.26. The molecule has 2 heteroatoms. The molecule has 2 fully saturated rings. The molecule has 3 rings (SSSR count). The molecule has 2 aliphatic rings. The molecular formula is C13H16BrN. The first-order valence-corrected chi connectivity index (χ1v) is 6.52. The van der Waals surface area contributed by atoms with E-state index in [1.54, 1.807) is 0 Å². The number of halogens is 1. The van der Waals surface area contributed by atoms with Crippen LogP contribution in [-0.4, -0.2) is 18.0 Å². The highest BCUT2D eigenvalue weighted by atomic mass is 79.9. The highest BCUT2D eigenvalue weighted by Crippen LogP contribution is 2.48. The molecule has 1 saturated carbocycles. The zero-order valence-corrected chi connectivity index (χ0v) is 10.5. The summed E-state index contributed by atoms with van der Waals surface area (Å²) in [5.41, 5.74) is 2.20. The van der Waals surface area contributed by atoms with E-state index < -0.39 is 0 Å². The van der Waals surface area contributed by atoms with Gasteiger partial charge in [-0.15, -0.1) is 0 Å². The van der Waals surface area contributed by atoms with Crippen molar-refractivity contribution in [2.45, 2.75) is 25.8 Å². The number of benzene rings is 1. The number of hydrogen-bond donors (Lipinski definition) is 0. The van der Waals surface area contributed by atoms with Crippen molar-refractivity contribution in [3.8, 4) is 0 Å². The SMILES string of the molecule is Brc1ccc(CN2CC3(CCC3)C2)cc1. The molecular weight excluding hydrogens is 250 g/mol. The largest absolute Gasteiger partial charge is 0.298 e. The van der Waals surface area contributed by atoms with Gasteiger partial charge in [0.25, 0.3) is 0 Å². The lowest BCUT2D eigenvalue weighted by Gasteiger charge is -2.56. The Bertz CT molecular complexity index is 345. The Balaban J connectivity index is 1.56. The minimum Gasteiger partial charge on any atom is -0.298 e. The van der Waals surface area contributed by atoms with Gasteiger partial charge in [-0.25, -0.2) is 0 Å². The molecule has 1 heterocycles. The zero-order valence-electron chi connectivity index (χ0n) is 8.88. The molecule has 0 radical (unpaired) electrons. The summed E-state index contributed by atoms with van der Waals surface area (Å²) in [7, 11) is 0. The van der Waals surface area contributed by atoms with Gasteiger partial charge in [0.15, 0.2) is 0 Å². The van der Waals surface area contributed by atoms with Crippen LogP contribution in [0.15, 0.2) is 28.7 Å². The molecule has 1 saturated heterocycles. The van der Waals surface area contributed by atoms with Crippen LogP contribution < -0.4 is 0 Å². The van der Waals surface area contributed by atoms with E-state index in [9.17, 15) is 0 Å². The minimum atomic E-state index is 0.759. The maximum absolute atomic E-state index is 3.47. The van der Waals surface area contributed by atoms with E-state index in [1.807, 2.05) is 0 Å². The average Bonchev–Trinajstić information content (AvgIpc) is 2.10. The maximum Gasteiger partial charge on any atom is 0.0234 e. The predicted octanol–water partition coefficient (Wildman–Crippen LogP) is 3.44. The molecule has 0 N–H and O–H groups in total. The highest BCUT2D eigenvalue weighted by Gasteiger charge is 2.46. The third-order valence-corrected chi connectivity index (χ3v) is 4.38. The smallest absolute Gasteiger partial charge is 0.0234 e. The second-order valence-corrected chi connectivity index (χ2v) is 6.04. The number of hydrogen-bond acceptors (Lipinski definition) is 1. The lowest BCUT2D eigenvalue weighted by molar-refractivity contribution is -0.0645. The molecule has 0 atom stereocenters. The molecule has 80 valence electrons. The third kappa shape index (κ3) is 1.85. The summed E-state index contributed by atoms with van der Waals surface area (Å²) in [5, 5.41) is 0. The summed E-state index contributed by atoms with van der Waals surface area (Å²) in [6, 6.07) is 8.70. The Labute approximate surface area is 99.6 Å². The van der Waals surface area contributed by atoms with Crippen molar-refractivity contribution >= 4 is 15.9 Å². The van der Waals surface area contributed by atoms with Gasteiger partial charge in [-0.1, -0.05) is 34.5 Å². The quantitative estimate of drug-likeness (QED) is 0.792. The van der Waals surface area contributed by atoms with Crippen molar-refractivity contribution in [1.82, 2.24) is 4.90 Å². The Morgan fingerprint density at radius 3 is 2.33 bits per heavy atom. The average molecular weight is 266 g/mol. The number of nitrogens with zero attached hydrogens (tertiary/aromatic N) is 1. The zero-order chi connectivity index (χ0) is 10.3. The summed E-state index contributed by atoms with van der Waals surface area (Å²) in [4.78, 5) is 2.57. The summed E-state index contributed by atoms with van der Waals surface area (Å²) in [5.74, 6) is 0. The molecule has 1 nitrogen and oxygen atoms in total. The van der Waals surface area contributed by atoms with Crippen LogP contribution in [0.25, 0.3) is 0 Å². The van der Waals surface area contributed by atoms with Gasteiger partial charge in [-0.05, 0) is 36.0 Å². The van der Waals surface area contributed by atoms with Crippen LogP contribution >= 0.6 is 15.9 Å². The van der Waals surface area contributed by atoms with Crippen molar-refractivity contribution in [2.24, 2.45) is 5.41 Å². The van der Waals surface area contributed by atoms with E-state index >= 15 is 0 Å². The van der Waals surface area contributed by atoms with Crippen LogP contribution in [-0.2, 0) is 6.54 Å². The molecule has 0 bridgehead atoms. The van der Waals surface area contributed by atoms with Gasteiger partial charge < -0.3 is 0 Å². The monoisotopic (exact) mass is 265 g/mol.